The zero-order valence-electron chi connectivity index (χ0n) is 11.6. The zero-order valence-corrected chi connectivity index (χ0v) is 11.6. The van der Waals surface area contributed by atoms with Gasteiger partial charge in [-0.05, 0) is 24.6 Å². The maximum absolute atomic E-state index is 11.2. The van der Waals surface area contributed by atoms with E-state index in [0.29, 0.717) is 5.69 Å². The van der Waals surface area contributed by atoms with Gasteiger partial charge >= 0.3 is 5.97 Å². The Labute approximate surface area is 113 Å². The van der Waals surface area contributed by atoms with Crippen molar-refractivity contribution in [2.24, 2.45) is 0 Å². The molecule has 1 aromatic carbocycles. The molecule has 104 valence electrons. The minimum Gasteiger partial charge on any atom is -0.478 e. The fraction of sp³-hybridized carbons (Fsp3) is 0.429. The number of benzene rings is 1. The van der Waals surface area contributed by atoms with Crippen molar-refractivity contribution < 1.29 is 14.7 Å². The van der Waals surface area contributed by atoms with Crippen LogP contribution in [0.15, 0.2) is 18.2 Å². The van der Waals surface area contributed by atoms with Gasteiger partial charge in [-0.1, -0.05) is 13.3 Å². The van der Waals surface area contributed by atoms with Crippen LogP contribution >= 0.6 is 0 Å². The maximum atomic E-state index is 11.2. The van der Waals surface area contributed by atoms with Gasteiger partial charge in [-0.2, -0.15) is 0 Å². The summed E-state index contributed by atoms with van der Waals surface area (Å²) in [7, 11) is 1.93. The number of carbonyl (C=O) groups excluding carboxylic acids is 1. The number of amides is 1. The highest BCUT2D eigenvalue weighted by Gasteiger charge is 2.13. The Morgan fingerprint density at radius 2 is 2.05 bits per heavy atom. The molecule has 0 unspecified atom stereocenters. The molecule has 0 atom stereocenters. The van der Waals surface area contributed by atoms with E-state index < -0.39 is 5.97 Å². The lowest BCUT2D eigenvalue weighted by Gasteiger charge is -2.20. The molecule has 5 heteroatoms. The van der Waals surface area contributed by atoms with Crippen molar-refractivity contribution in [1.82, 2.24) is 0 Å². The third kappa shape index (κ3) is 4.28. The first-order valence-electron chi connectivity index (χ1n) is 6.31. The van der Waals surface area contributed by atoms with Gasteiger partial charge in [0.05, 0.1) is 11.3 Å². The molecular formula is C14H20N2O3. The maximum Gasteiger partial charge on any atom is 0.337 e. The van der Waals surface area contributed by atoms with Crippen LogP contribution in [0, 0.1) is 0 Å². The minimum atomic E-state index is -1.05. The molecule has 0 radical (unpaired) electrons. The average molecular weight is 264 g/mol. The van der Waals surface area contributed by atoms with Gasteiger partial charge in [0.1, 0.15) is 0 Å². The number of nitrogens with one attached hydrogen (secondary N) is 1. The number of nitrogens with zero attached hydrogens (tertiary/aromatic N) is 1. The summed E-state index contributed by atoms with van der Waals surface area (Å²) < 4.78 is 0. The van der Waals surface area contributed by atoms with Crippen molar-refractivity contribution in [2.45, 2.75) is 26.7 Å². The van der Waals surface area contributed by atoms with Crippen molar-refractivity contribution in [3.05, 3.63) is 23.8 Å². The summed E-state index contributed by atoms with van der Waals surface area (Å²) in [5, 5.41) is 11.7. The van der Waals surface area contributed by atoms with Crippen LogP contribution in [-0.2, 0) is 4.79 Å². The Hall–Kier alpha value is -2.04. The van der Waals surface area contributed by atoms with Gasteiger partial charge in [0.15, 0.2) is 0 Å². The third-order valence-corrected chi connectivity index (χ3v) is 2.83. The minimum absolute atomic E-state index is 0.107. The van der Waals surface area contributed by atoms with Crippen molar-refractivity contribution in [3.63, 3.8) is 0 Å². The van der Waals surface area contributed by atoms with E-state index in [9.17, 15) is 14.7 Å². The second-order valence-electron chi connectivity index (χ2n) is 4.49. The standard InChI is InChI=1S/C14H20N2O3/c1-4-5-8-16(3)11-6-7-13(15-10(2)17)12(9-11)14(18)19/h6-7,9H,4-5,8H2,1-3H3,(H,15,17)(H,18,19). The van der Waals surface area contributed by atoms with Crippen LogP contribution in [0.1, 0.15) is 37.0 Å². The lowest BCUT2D eigenvalue weighted by Crippen LogP contribution is -2.19. The molecule has 19 heavy (non-hydrogen) atoms. The van der Waals surface area contributed by atoms with Crippen molar-refractivity contribution in [2.75, 3.05) is 23.8 Å². The van der Waals surface area contributed by atoms with Crippen molar-refractivity contribution >= 4 is 23.3 Å². The first-order valence-corrected chi connectivity index (χ1v) is 6.31. The topological polar surface area (TPSA) is 69.6 Å². The fourth-order valence-electron chi connectivity index (χ4n) is 1.77. The molecule has 1 rings (SSSR count). The van der Waals surface area contributed by atoms with E-state index in [4.69, 9.17) is 0 Å². The summed E-state index contributed by atoms with van der Waals surface area (Å²) in [6.45, 7) is 4.33. The smallest absolute Gasteiger partial charge is 0.337 e. The number of anilines is 2. The summed E-state index contributed by atoms with van der Waals surface area (Å²) in [5.41, 5.74) is 1.27. The van der Waals surface area contributed by atoms with Crippen LogP contribution in [-0.4, -0.2) is 30.6 Å². The number of aromatic carboxylic acids is 1. The molecule has 5 nitrogen and oxygen atoms in total. The molecule has 0 heterocycles. The van der Waals surface area contributed by atoms with E-state index in [2.05, 4.69) is 12.2 Å². The Balaban J connectivity index is 3.01. The van der Waals surface area contributed by atoms with Crippen LogP contribution in [0.5, 0.6) is 0 Å². The van der Waals surface area contributed by atoms with Gasteiger partial charge in [-0.25, -0.2) is 4.79 Å². The Bertz CT molecular complexity index is 472. The van der Waals surface area contributed by atoms with Crippen LogP contribution in [0.25, 0.3) is 0 Å². The van der Waals surface area contributed by atoms with E-state index in [-0.39, 0.29) is 11.5 Å². The second kappa shape index (κ2) is 6.78. The van der Waals surface area contributed by atoms with Crippen LogP contribution < -0.4 is 10.2 Å². The zero-order chi connectivity index (χ0) is 14.4. The highest BCUT2D eigenvalue weighted by atomic mass is 16.4. The van der Waals surface area contributed by atoms with E-state index in [0.717, 1.165) is 25.1 Å². The summed E-state index contributed by atoms with van der Waals surface area (Å²) >= 11 is 0. The van der Waals surface area contributed by atoms with Crippen molar-refractivity contribution in [3.8, 4) is 0 Å². The predicted molar refractivity (Wildman–Crippen MR) is 75.9 cm³/mol. The quantitative estimate of drug-likeness (QED) is 0.828. The molecule has 0 bridgehead atoms. The van der Waals surface area contributed by atoms with E-state index >= 15 is 0 Å². The van der Waals surface area contributed by atoms with E-state index in [1.54, 1.807) is 12.1 Å². The summed E-state index contributed by atoms with van der Waals surface area (Å²) in [4.78, 5) is 24.3. The molecule has 0 aliphatic rings. The van der Waals surface area contributed by atoms with Gasteiger partial charge < -0.3 is 15.3 Å². The Morgan fingerprint density at radius 3 is 2.58 bits per heavy atom. The largest absolute Gasteiger partial charge is 0.478 e. The number of unbranched alkanes of at least 4 members (excludes halogenated alkanes) is 1. The number of rotatable bonds is 6. The third-order valence-electron chi connectivity index (χ3n) is 2.83. The van der Waals surface area contributed by atoms with Crippen molar-refractivity contribution in [1.29, 1.82) is 0 Å². The number of hydrogen-bond donors (Lipinski definition) is 2. The summed E-state index contributed by atoms with van der Waals surface area (Å²) in [6, 6.07) is 5.03. The lowest BCUT2D eigenvalue weighted by atomic mass is 10.1. The highest BCUT2D eigenvalue weighted by molar-refractivity contribution is 6.00. The SMILES string of the molecule is CCCCN(C)c1ccc(NC(C)=O)c(C(=O)O)c1. The highest BCUT2D eigenvalue weighted by Crippen LogP contribution is 2.23. The van der Waals surface area contributed by atoms with E-state index in [1.165, 1.54) is 6.92 Å². The Kier molecular flexibility index (Phi) is 5.36. The molecule has 0 fully saturated rings. The molecule has 0 aromatic heterocycles. The second-order valence-corrected chi connectivity index (χ2v) is 4.49. The normalized spacial score (nSPS) is 10.1. The average Bonchev–Trinajstić information content (AvgIpc) is 2.35. The molecule has 1 amide bonds. The van der Waals surface area contributed by atoms with E-state index in [1.807, 2.05) is 18.0 Å². The summed E-state index contributed by atoms with van der Waals surface area (Å²) in [6.07, 6.45) is 2.13. The predicted octanol–water partition coefficient (Wildman–Crippen LogP) is 2.58. The van der Waals surface area contributed by atoms with Crippen LogP contribution in [0.2, 0.25) is 0 Å². The van der Waals surface area contributed by atoms with Gasteiger partial charge in [0.25, 0.3) is 0 Å². The molecule has 2 N–H and O–H groups in total. The van der Waals surface area contributed by atoms with Gasteiger partial charge in [0.2, 0.25) is 5.91 Å². The molecule has 1 aromatic rings. The van der Waals surface area contributed by atoms with Gasteiger partial charge in [-0.3, -0.25) is 4.79 Å². The molecule has 0 aliphatic heterocycles. The molecule has 0 saturated carbocycles. The Morgan fingerprint density at radius 1 is 1.37 bits per heavy atom. The molecule has 0 aliphatic carbocycles. The first kappa shape index (κ1) is 15.0. The number of hydrogen-bond acceptors (Lipinski definition) is 3. The fourth-order valence-corrected chi connectivity index (χ4v) is 1.77. The first-order chi connectivity index (χ1) is 8.95. The summed E-state index contributed by atoms with van der Waals surface area (Å²) in [5.74, 6) is -1.33. The monoisotopic (exact) mass is 264 g/mol. The number of carbonyl (C=O) groups is 2. The van der Waals surface area contributed by atoms with Gasteiger partial charge in [0, 0.05) is 26.2 Å². The molecular weight excluding hydrogens is 244 g/mol. The molecule has 0 spiro atoms. The lowest BCUT2D eigenvalue weighted by molar-refractivity contribution is -0.114. The number of carboxylic acids is 1. The van der Waals surface area contributed by atoms with Gasteiger partial charge in [-0.15, -0.1) is 0 Å². The molecule has 0 saturated heterocycles. The number of carboxylic acid groups (broad SMARTS) is 1. The van der Waals surface area contributed by atoms with Crippen LogP contribution in [0.4, 0.5) is 11.4 Å². The van der Waals surface area contributed by atoms with Crippen LogP contribution in [0.3, 0.4) is 0 Å².